The molecular formula is C55H43N3O. The molecule has 0 saturated carbocycles. The predicted molar refractivity (Wildman–Crippen MR) is 242 cm³/mol. The summed E-state index contributed by atoms with van der Waals surface area (Å²) in [6, 6.07) is 47.1. The summed E-state index contributed by atoms with van der Waals surface area (Å²) >= 11 is 0. The van der Waals surface area contributed by atoms with E-state index < -0.39 is 0 Å². The van der Waals surface area contributed by atoms with Crippen molar-refractivity contribution in [1.29, 1.82) is 0 Å². The molecule has 0 N–H and O–H groups in total. The average molecular weight is 762 g/mol. The van der Waals surface area contributed by atoms with E-state index in [4.69, 9.17) is 19.4 Å². The summed E-state index contributed by atoms with van der Waals surface area (Å²) in [6.45, 7) is 7.08. The summed E-state index contributed by atoms with van der Waals surface area (Å²) < 4.78 is 6.31. The zero-order valence-corrected chi connectivity index (χ0v) is 33.5. The summed E-state index contributed by atoms with van der Waals surface area (Å²) in [7, 11) is 0. The smallest absolute Gasteiger partial charge is 0.164 e. The van der Waals surface area contributed by atoms with Gasteiger partial charge in [0.15, 0.2) is 17.5 Å². The molecule has 0 aliphatic heterocycles. The van der Waals surface area contributed by atoms with Crippen LogP contribution in [0.1, 0.15) is 56.2 Å². The standard InChI is InChI=1S/C55H43N3O/c1-34-31-39(36-15-8-5-9-16-36)25-28-42(34)45-18-12-19-47-51(45)46-30-27-40(32-48(46)55(47,2)3)53-56-52(38-23-21-37(22-24-38)35-13-6-4-7-14-35)57-54(58-53)41-26-29-44-43-17-10-11-20-49(43)59-50(44)33-41/h4-8,10-15,17-34,42H,9,16H2,1-3H3. The van der Waals surface area contributed by atoms with Gasteiger partial charge >= 0.3 is 0 Å². The molecule has 0 amide bonds. The molecule has 0 saturated heterocycles. The van der Waals surface area contributed by atoms with Crippen molar-refractivity contribution in [3.05, 3.63) is 198 Å². The number of furan rings is 1. The molecule has 0 bridgehead atoms. The monoisotopic (exact) mass is 761 g/mol. The minimum absolute atomic E-state index is 0.211. The fourth-order valence-corrected chi connectivity index (χ4v) is 9.57. The lowest BCUT2D eigenvalue weighted by molar-refractivity contribution is 0.627. The van der Waals surface area contributed by atoms with Crippen molar-refractivity contribution in [3.63, 3.8) is 0 Å². The molecule has 3 aliphatic carbocycles. The summed E-state index contributed by atoms with van der Waals surface area (Å²) in [4.78, 5) is 15.5. The Morgan fingerprint density at radius 1 is 0.610 bits per heavy atom. The molecule has 2 unspecified atom stereocenters. The summed E-state index contributed by atoms with van der Waals surface area (Å²) in [5, 5.41) is 2.17. The van der Waals surface area contributed by atoms with Gasteiger partial charge in [0, 0.05) is 38.8 Å². The lowest BCUT2D eigenvalue weighted by atomic mass is 9.76. The molecule has 6 aromatic carbocycles. The zero-order valence-electron chi connectivity index (χ0n) is 33.5. The quantitative estimate of drug-likeness (QED) is 0.169. The van der Waals surface area contributed by atoms with Crippen molar-refractivity contribution >= 4 is 21.9 Å². The number of nitrogens with zero attached hydrogens (tertiary/aromatic N) is 3. The Labute approximate surface area is 345 Å². The Morgan fingerprint density at radius 2 is 1.29 bits per heavy atom. The molecule has 59 heavy (non-hydrogen) atoms. The van der Waals surface area contributed by atoms with Crippen LogP contribution in [0.5, 0.6) is 0 Å². The molecule has 2 aromatic heterocycles. The van der Waals surface area contributed by atoms with Crippen LogP contribution >= 0.6 is 0 Å². The van der Waals surface area contributed by atoms with Gasteiger partial charge in [0.05, 0.1) is 0 Å². The highest BCUT2D eigenvalue weighted by molar-refractivity contribution is 6.05. The molecule has 0 fully saturated rings. The third-order valence-corrected chi connectivity index (χ3v) is 12.7. The Bertz CT molecular complexity index is 3090. The predicted octanol–water partition coefficient (Wildman–Crippen LogP) is 14.2. The van der Waals surface area contributed by atoms with Crippen LogP contribution in [0.3, 0.4) is 0 Å². The van der Waals surface area contributed by atoms with E-state index in [2.05, 4.69) is 166 Å². The highest BCUT2D eigenvalue weighted by Gasteiger charge is 2.38. The van der Waals surface area contributed by atoms with Crippen molar-refractivity contribution in [2.45, 2.75) is 44.9 Å². The lowest BCUT2D eigenvalue weighted by Crippen LogP contribution is -2.16. The van der Waals surface area contributed by atoms with Gasteiger partial charge in [-0.3, -0.25) is 0 Å². The normalized spacial score (nSPS) is 17.8. The second-order valence-electron chi connectivity index (χ2n) is 16.7. The van der Waals surface area contributed by atoms with Crippen molar-refractivity contribution in [1.82, 2.24) is 15.0 Å². The van der Waals surface area contributed by atoms with E-state index in [1.54, 1.807) is 0 Å². The van der Waals surface area contributed by atoms with Gasteiger partial charge in [-0.05, 0) is 93.1 Å². The number of rotatable bonds is 6. The number of aromatic nitrogens is 3. The number of para-hydroxylation sites is 1. The number of hydrogen-bond donors (Lipinski definition) is 0. The van der Waals surface area contributed by atoms with Gasteiger partial charge in [-0.15, -0.1) is 0 Å². The second-order valence-corrected chi connectivity index (χ2v) is 16.7. The third kappa shape index (κ3) is 6.01. The van der Waals surface area contributed by atoms with Gasteiger partial charge in [-0.2, -0.15) is 0 Å². The fraction of sp³-hybridized carbons (Fsp3) is 0.145. The maximum Gasteiger partial charge on any atom is 0.164 e. The van der Waals surface area contributed by atoms with E-state index >= 15 is 0 Å². The average Bonchev–Trinajstić information content (AvgIpc) is 3.78. The minimum atomic E-state index is -0.211. The molecule has 4 nitrogen and oxygen atoms in total. The first-order valence-electron chi connectivity index (χ1n) is 20.8. The molecule has 4 heteroatoms. The Hall–Kier alpha value is -6.91. The highest BCUT2D eigenvalue weighted by Crippen LogP contribution is 2.53. The first-order chi connectivity index (χ1) is 28.9. The van der Waals surface area contributed by atoms with E-state index in [9.17, 15) is 0 Å². The number of allylic oxidation sites excluding steroid dienone is 8. The van der Waals surface area contributed by atoms with Gasteiger partial charge < -0.3 is 4.42 Å². The van der Waals surface area contributed by atoms with E-state index in [-0.39, 0.29) is 5.41 Å². The summed E-state index contributed by atoms with van der Waals surface area (Å²) in [5.74, 6) is 2.55. The first kappa shape index (κ1) is 35.3. The Morgan fingerprint density at radius 3 is 2.07 bits per heavy atom. The fourth-order valence-electron chi connectivity index (χ4n) is 9.57. The molecule has 0 spiro atoms. The lowest BCUT2D eigenvalue weighted by Gasteiger charge is -2.27. The van der Waals surface area contributed by atoms with Gasteiger partial charge in [-0.25, -0.2) is 15.0 Å². The van der Waals surface area contributed by atoms with Gasteiger partial charge in [0.1, 0.15) is 11.2 Å². The highest BCUT2D eigenvalue weighted by atomic mass is 16.3. The van der Waals surface area contributed by atoms with Crippen molar-refractivity contribution < 1.29 is 4.42 Å². The van der Waals surface area contributed by atoms with Crippen LogP contribution in [-0.2, 0) is 5.41 Å². The van der Waals surface area contributed by atoms with Crippen molar-refractivity contribution in [2.75, 3.05) is 0 Å². The van der Waals surface area contributed by atoms with Gasteiger partial charge in [0.2, 0.25) is 0 Å². The van der Waals surface area contributed by atoms with Crippen LogP contribution < -0.4 is 0 Å². The first-order valence-corrected chi connectivity index (χ1v) is 20.8. The number of hydrogen-bond acceptors (Lipinski definition) is 4. The topological polar surface area (TPSA) is 51.8 Å². The maximum absolute atomic E-state index is 6.31. The van der Waals surface area contributed by atoms with E-state index in [1.165, 1.54) is 44.5 Å². The minimum Gasteiger partial charge on any atom is -0.456 e. The van der Waals surface area contributed by atoms with Crippen LogP contribution in [0.15, 0.2) is 185 Å². The summed E-state index contributed by atoms with van der Waals surface area (Å²) in [6.07, 6.45) is 16.2. The van der Waals surface area contributed by atoms with Crippen LogP contribution in [0.25, 0.3) is 78.4 Å². The molecule has 11 rings (SSSR count). The van der Waals surface area contributed by atoms with Crippen molar-refractivity contribution in [3.8, 4) is 56.4 Å². The molecule has 2 atom stereocenters. The second kappa shape index (κ2) is 13.9. The Kier molecular flexibility index (Phi) is 8.30. The van der Waals surface area contributed by atoms with Crippen molar-refractivity contribution in [2.24, 2.45) is 5.92 Å². The number of fused-ring (bicyclic) bond motifs is 6. The van der Waals surface area contributed by atoms with E-state index in [0.717, 1.165) is 57.0 Å². The molecular weight excluding hydrogens is 719 g/mol. The Balaban J connectivity index is 1.01. The molecule has 0 radical (unpaired) electrons. The van der Waals surface area contributed by atoms with Gasteiger partial charge in [0.25, 0.3) is 0 Å². The zero-order chi connectivity index (χ0) is 39.7. The largest absolute Gasteiger partial charge is 0.456 e. The van der Waals surface area contributed by atoms with Gasteiger partial charge in [-0.1, -0.05) is 166 Å². The third-order valence-electron chi connectivity index (χ3n) is 12.7. The van der Waals surface area contributed by atoms with E-state index in [1.807, 2.05) is 24.3 Å². The molecule has 2 heterocycles. The molecule has 8 aromatic rings. The number of benzene rings is 6. The van der Waals surface area contributed by atoms with Crippen LogP contribution in [0.2, 0.25) is 0 Å². The molecule has 284 valence electrons. The van der Waals surface area contributed by atoms with Crippen LogP contribution in [0, 0.1) is 5.92 Å². The SMILES string of the molecule is CC1C=C(C2=CC=CCC2)C=CC1c1cccc2c1-c1ccc(-c3nc(-c4ccc(-c5ccccc5)cc4)nc(-c4ccc5c(c4)oc4ccccc45)n3)cc1C2(C)C. The maximum atomic E-state index is 6.31. The van der Waals surface area contributed by atoms with Crippen LogP contribution in [0.4, 0.5) is 0 Å². The van der Waals surface area contributed by atoms with E-state index in [0.29, 0.717) is 29.3 Å². The molecule has 3 aliphatic rings. The van der Waals surface area contributed by atoms with Crippen LogP contribution in [-0.4, -0.2) is 15.0 Å². The summed E-state index contributed by atoms with van der Waals surface area (Å²) in [5.41, 5.74) is 16.1.